The number of aryl methyl sites for hydroxylation is 1. The SMILES string of the molecule is Cc1ccccc1-c1nnc(SCCC(=O)NC2CCCCC2)o1. The molecule has 1 aliphatic carbocycles. The maximum absolute atomic E-state index is 12.0. The van der Waals surface area contributed by atoms with Gasteiger partial charge in [0.1, 0.15) is 0 Å². The van der Waals surface area contributed by atoms with Gasteiger partial charge in [-0.05, 0) is 31.4 Å². The highest BCUT2D eigenvalue weighted by Gasteiger charge is 2.16. The first-order valence-electron chi connectivity index (χ1n) is 8.54. The van der Waals surface area contributed by atoms with Crippen LogP contribution in [0, 0.1) is 6.92 Å². The van der Waals surface area contributed by atoms with Crippen molar-refractivity contribution in [2.45, 2.75) is 56.7 Å². The number of benzene rings is 1. The van der Waals surface area contributed by atoms with E-state index in [2.05, 4.69) is 15.5 Å². The first-order chi connectivity index (χ1) is 11.7. The average molecular weight is 345 g/mol. The second-order valence-corrected chi connectivity index (χ2v) is 7.24. The number of aromatic nitrogens is 2. The number of rotatable bonds is 6. The molecule has 0 atom stereocenters. The Hall–Kier alpha value is -1.82. The summed E-state index contributed by atoms with van der Waals surface area (Å²) < 4.78 is 5.69. The number of hydrogen-bond acceptors (Lipinski definition) is 5. The highest BCUT2D eigenvalue weighted by molar-refractivity contribution is 7.99. The molecule has 0 unspecified atom stereocenters. The van der Waals surface area contributed by atoms with Crippen LogP contribution < -0.4 is 5.32 Å². The molecule has 1 heterocycles. The topological polar surface area (TPSA) is 68.0 Å². The van der Waals surface area contributed by atoms with Gasteiger partial charge in [-0.2, -0.15) is 0 Å². The molecule has 1 amide bonds. The minimum Gasteiger partial charge on any atom is -0.411 e. The molecule has 6 heteroatoms. The summed E-state index contributed by atoms with van der Waals surface area (Å²) in [7, 11) is 0. The van der Waals surface area contributed by atoms with Crippen LogP contribution in [0.1, 0.15) is 44.1 Å². The molecule has 1 aliphatic rings. The van der Waals surface area contributed by atoms with E-state index in [1.54, 1.807) is 0 Å². The highest BCUT2D eigenvalue weighted by Crippen LogP contribution is 2.25. The smallest absolute Gasteiger partial charge is 0.276 e. The monoisotopic (exact) mass is 345 g/mol. The Morgan fingerprint density at radius 2 is 2.04 bits per heavy atom. The van der Waals surface area contributed by atoms with Crippen molar-refractivity contribution >= 4 is 17.7 Å². The minimum atomic E-state index is 0.119. The van der Waals surface area contributed by atoms with Gasteiger partial charge in [0.2, 0.25) is 11.8 Å². The largest absolute Gasteiger partial charge is 0.411 e. The second kappa shape index (κ2) is 8.33. The Labute approximate surface area is 146 Å². The predicted octanol–water partition coefficient (Wildman–Crippen LogP) is 3.98. The van der Waals surface area contributed by atoms with Crippen molar-refractivity contribution in [3.8, 4) is 11.5 Å². The lowest BCUT2D eigenvalue weighted by Gasteiger charge is -2.22. The number of thioether (sulfide) groups is 1. The van der Waals surface area contributed by atoms with Crippen molar-refractivity contribution < 1.29 is 9.21 Å². The van der Waals surface area contributed by atoms with Gasteiger partial charge in [0.15, 0.2) is 0 Å². The lowest BCUT2D eigenvalue weighted by molar-refractivity contribution is -0.121. The number of nitrogens with one attached hydrogen (secondary N) is 1. The molecular weight excluding hydrogens is 322 g/mol. The Bertz CT molecular complexity index is 680. The van der Waals surface area contributed by atoms with Gasteiger partial charge in [-0.3, -0.25) is 4.79 Å². The minimum absolute atomic E-state index is 0.119. The number of carbonyl (C=O) groups is 1. The molecule has 1 aromatic carbocycles. The van der Waals surface area contributed by atoms with E-state index in [0.717, 1.165) is 24.0 Å². The summed E-state index contributed by atoms with van der Waals surface area (Å²) in [5.74, 6) is 1.30. The van der Waals surface area contributed by atoms with E-state index in [0.29, 0.717) is 29.3 Å². The van der Waals surface area contributed by atoms with E-state index in [1.165, 1.54) is 31.0 Å². The van der Waals surface area contributed by atoms with Crippen molar-refractivity contribution in [1.29, 1.82) is 0 Å². The van der Waals surface area contributed by atoms with E-state index in [9.17, 15) is 4.79 Å². The molecule has 5 nitrogen and oxygen atoms in total. The maximum Gasteiger partial charge on any atom is 0.276 e. The number of nitrogens with zero attached hydrogens (tertiary/aromatic N) is 2. The van der Waals surface area contributed by atoms with Crippen molar-refractivity contribution in [2.24, 2.45) is 0 Å². The zero-order valence-electron chi connectivity index (χ0n) is 14.0. The van der Waals surface area contributed by atoms with Gasteiger partial charge in [0, 0.05) is 23.8 Å². The van der Waals surface area contributed by atoms with Crippen LogP contribution >= 0.6 is 11.8 Å². The van der Waals surface area contributed by atoms with Gasteiger partial charge in [-0.25, -0.2) is 0 Å². The van der Waals surface area contributed by atoms with Crippen LogP contribution in [0.4, 0.5) is 0 Å². The van der Waals surface area contributed by atoms with E-state index >= 15 is 0 Å². The molecule has 1 saturated carbocycles. The molecule has 0 radical (unpaired) electrons. The molecule has 1 aromatic heterocycles. The van der Waals surface area contributed by atoms with Gasteiger partial charge < -0.3 is 9.73 Å². The van der Waals surface area contributed by atoms with Gasteiger partial charge in [0.25, 0.3) is 5.22 Å². The lowest BCUT2D eigenvalue weighted by Crippen LogP contribution is -2.36. The van der Waals surface area contributed by atoms with Crippen molar-refractivity contribution in [3.63, 3.8) is 0 Å². The van der Waals surface area contributed by atoms with Crippen LogP contribution in [0.15, 0.2) is 33.9 Å². The van der Waals surface area contributed by atoms with Gasteiger partial charge in [-0.15, -0.1) is 10.2 Å². The standard InChI is InChI=1S/C18H23N3O2S/c1-13-7-5-6-10-15(13)17-20-21-18(23-17)24-12-11-16(22)19-14-8-3-2-4-9-14/h5-7,10,14H,2-4,8-9,11-12H2,1H3,(H,19,22). The zero-order valence-corrected chi connectivity index (χ0v) is 14.8. The fourth-order valence-corrected chi connectivity index (χ4v) is 3.67. The fraction of sp³-hybridized carbons (Fsp3) is 0.500. The van der Waals surface area contributed by atoms with Crippen molar-refractivity contribution in [1.82, 2.24) is 15.5 Å². The highest BCUT2D eigenvalue weighted by atomic mass is 32.2. The molecule has 2 aromatic rings. The molecular formula is C18H23N3O2S. The van der Waals surface area contributed by atoms with E-state index in [4.69, 9.17) is 4.42 Å². The van der Waals surface area contributed by atoms with Crippen LogP contribution in [0.3, 0.4) is 0 Å². The van der Waals surface area contributed by atoms with Gasteiger partial charge >= 0.3 is 0 Å². The molecule has 1 fully saturated rings. The second-order valence-electron chi connectivity index (χ2n) is 6.19. The molecule has 3 rings (SSSR count). The third-order valence-corrected chi connectivity index (χ3v) is 5.13. The summed E-state index contributed by atoms with van der Waals surface area (Å²) >= 11 is 1.43. The summed E-state index contributed by atoms with van der Waals surface area (Å²) in [6.45, 7) is 2.02. The van der Waals surface area contributed by atoms with Crippen LogP contribution in [0.2, 0.25) is 0 Å². The molecule has 24 heavy (non-hydrogen) atoms. The molecule has 0 aliphatic heterocycles. The number of carbonyl (C=O) groups excluding carboxylic acids is 1. The van der Waals surface area contributed by atoms with Crippen molar-refractivity contribution in [3.05, 3.63) is 29.8 Å². The van der Waals surface area contributed by atoms with E-state index in [1.807, 2.05) is 31.2 Å². The maximum atomic E-state index is 12.0. The first kappa shape index (κ1) is 17.0. The lowest BCUT2D eigenvalue weighted by atomic mass is 9.95. The van der Waals surface area contributed by atoms with Crippen LogP contribution in [-0.2, 0) is 4.79 Å². The summed E-state index contributed by atoms with van der Waals surface area (Å²) in [4.78, 5) is 12.0. The Morgan fingerprint density at radius 3 is 2.83 bits per heavy atom. The van der Waals surface area contributed by atoms with E-state index < -0.39 is 0 Å². The third-order valence-electron chi connectivity index (χ3n) is 4.31. The van der Waals surface area contributed by atoms with Crippen LogP contribution in [0.5, 0.6) is 0 Å². The summed E-state index contributed by atoms with van der Waals surface area (Å²) in [6, 6.07) is 8.29. The van der Waals surface area contributed by atoms with Crippen LogP contribution in [0.25, 0.3) is 11.5 Å². The predicted molar refractivity (Wildman–Crippen MR) is 94.8 cm³/mol. The normalized spacial score (nSPS) is 15.4. The average Bonchev–Trinajstić information content (AvgIpc) is 3.05. The Morgan fingerprint density at radius 1 is 1.25 bits per heavy atom. The third kappa shape index (κ3) is 4.60. The zero-order chi connectivity index (χ0) is 16.8. The molecule has 1 N–H and O–H groups in total. The Balaban J connectivity index is 1.45. The Kier molecular flexibility index (Phi) is 5.91. The summed E-state index contributed by atoms with van der Waals surface area (Å²) in [5, 5.41) is 11.8. The molecule has 0 bridgehead atoms. The fourth-order valence-electron chi connectivity index (χ4n) is 2.97. The first-order valence-corrected chi connectivity index (χ1v) is 9.52. The van der Waals surface area contributed by atoms with Crippen molar-refractivity contribution in [2.75, 3.05) is 5.75 Å². The van der Waals surface area contributed by atoms with E-state index in [-0.39, 0.29) is 5.91 Å². The van der Waals surface area contributed by atoms with Gasteiger partial charge in [-0.1, -0.05) is 49.2 Å². The molecule has 0 saturated heterocycles. The molecule has 128 valence electrons. The number of hydrogen-bond donors (Lipinski definition) is 1. The number of amides is 1. The van der Waals surface area contributed by atoms with Gasteiger partial charge in [0.05, 0.1) is 0 Å². The van der Waals surface area contributed by atoms with Crippen LogP contribution in [-0.4, -0.2) is 27.9 Å². The quantitative estimate of drug-likeness (QED) is 0.802. The molecule has 0 spiro atoms. The summed E-state index contributed by atoms with van der Waals surface area (Å²) in [6.07, 6.45) is 6.45. The summed E-state index contributed by atoms with van der Waals surface area (Å²) in [5.41, 5.74) is 2.05.